The summed E-state index contributed by atoms with van der Waals surface area (Å²) in [4.78, 5) is 51.1. The van der Waals surface area contributed by atoms with E-state index >= 15 is 0 Å². The topological polar surface area (TPSA) is 68.3 Å². The maximum absolute atomic E-state index is 12.8. The fourth-order valence-electron chi connectivity index (χ4n) is 7.67. The van der Waals surface area contributed by atoms with E-state index in [9.17, 15) is 19.2 Å². The molecule has 0 aromatic heterocycles. The lowest BCUT2D eigenvalue weighted by molar-refractivity contribution is 0.111. The van der Waals surface area contributed by atoms with Gasteiger partial charge in [-0.05, 0) is 102 Å². The Kier molecular flexibility index (Phi) is 10.8. The number of hydrogen-bond acceptors (Lipinski definition) is 4. The maximum atomic E-state index is 12.8. The van der Waals surface area contributed by atoms with E-state index in [4.69, 9.17) is 0 Å². The Morgan fingerprint density at radius 2 is 0.466 bits per heavy atom. The molecule has 0 heterocycles. The van der Waals surface area contributed by atoms with Crippen LogP contribution in [0.3, 0.4) is 0 Å². The van der Waals surface area contributed by atoms with Gasteiger partial charge in [0.15, 0.2) is 0 Å². The van der Waals surface area contributed by atoms with E-state index in [2.05, 4.69) is 0 Å². The molecule has 0 unspecified atom stereocenters. The molecule has 0 N–H and O–H groups in total. The third kappa shape index (κ3) is 7.43. The largest absolute Gasteiger partial charge is 0.298 e. The zero-order valence-electron chi connectivity index (χ0n) is 31.4. The number of carbonyl (C=O) groups is 4. The summed E-state index contributed by atoms with van der Waals surface area (Å²) in [5, 5.41) is 0. The Hall–Kier alpha value is -7.82. The second-order valence-electron chi connectivity index (χ2n) is 13.9. The van der Waals surface area contributed by atoms with Crippen LogP contribution >= 0.6 is 0 Å². The first kappa shape index (κ1) is 37.1. The van der Waals surface area contributed by atoms with E-state index in [1.165, 1.54) is 0 Å². The Morgan fingerprint density at radius 1 is 0.259 bits per heavy atom. The second kappa shape index (κ2) is 16.9. The van der Waals surface area contributed by atoms with Gasteiger partial charge in [0.05, 0.1) is 0 Å². The zero-order valence-corrected chi connectivity index (χ0v) is 31.4. The monoisotopic (exact) mass is 748 g/mol. The molecule has 8 aromatic rings. The molecule has 0 saturated carbocycles. The molecular formula is C54H36O4. The summed E-state index contributed by atoms with van der Waals surface area (Å²) in [5.41, 5.74) is 13.1. The Labute approximate surface area is 337 Å². The van der Waals surface area contributed by atoms with Crippen molar-refractivity contribution in [1.82, 2.24) is 0 Å². The lowest BCUT2D eigenvalue weighted by Gasteiger charge is -2.26. The third-order valence-electron chi connectivity index (χ3n) is 10.4. The van der Waals surface area contributed by atoms with Crippen molar-refractivity contribution in [3.63, 3.8) is 0 Å². The summed E-state index contributed by atoms with van der Waals surface area (Å²) in [6.07, 6.45) is 3.33. The molecule has 0 aliphatic rings. The first-order valence-corrected chi connectivity index (χ1v) is 18.9. The van der Waals surface area contributed by atoms with Crippen molar-refractivity contribution in [3.05, 3.63) is 239 Å². The quantitative estimate of drug-likeness (QED) is 0.0921. The van der Waals surface area contributed by atoms with Crippen LogP contribution in [0.25, 0.3) is 55.7 Å². The molecule has 0 atom stereocenters. The van der Waals surface area contributed by atoms with Gasteiger partial charge in [-0.1, -0.05) is 170 Å². The number of carbonyl (C=O) groups excluding carboxylic acids is 4. The van der Waals surface area contributed by atoms with Gasteiger partial charge in [-0.25, -0.2) is 0 Å². The van der Waals surface area contributed by atoms with Gasteiger partial charge < -0.3 is 0 Å². The average Bonchev–Trinajstić information content (AvgIpc) is 3.31. The lowest BCUT2D eigenvalue weighted by Crippen LogP contribution is -2.06. The highest BCUT2D eigenvalue weighted by molar-refractivity contribution is 6.14. The Balaban J connectivity index is 1.70. The van der Waals surface area contributed by atoms with Crippen LogP contribution in [0.15, 0.2) is 194 Å². The van der Waals surface area contributed by atoms with Gasteiger partial charge in [-0.15, -0.1) is 0 Å². The van der Waals surface area contributed by atoms with E-state index in [-0.39, 0.29) is 0 Å². The molecule has 4 heteroatoms. The predicted octanol–water partition coefficient (Wildman–Crippen LogP) is 12.6. The van der Waals surface area contributed by atoms with Crippen LogP contribution in [0.2, 0.25) is 0 Å². The van der Waals surface area contributed by atoms with Crippen molar-refractivity contribution in [2.24, 2.45) is 0 Å². The molecule has 0 radical (unpaired) electrons. The highest BCUT2D eigenvalue weighted by atomic mass is 16.1. The first-order chi connectivity index (χ1) is 28.6. The van der Waals surface area contributed by atoms with Crippen molar-refractivity contribution in [2.45, 2.75) is 0 Å². The van der Waals surface area contributed by atoms with Crippen LogP contribution in [0.1, 0.15) is 63.7 Å². The van der Waals surface area contributed by atoms with Crippen LogP contribution in [-0.2, 0) is 0 Å². The molecule has 0 amide bonds. The fourth-order valence-corrected chi connectivity index (χ4v) is 7.67. The van der Waals surface area contributed by atoms with Gasteiger partial charge in [-0.3, -0.25) is 19.2 Å². The van der Waals surface area contributed by atoms with Crippen molar-refractivity contribution in [3.8, 4) is 44.5 Å². The Bertz CT molecular complexity index is 2430. The number of benzene rings is 8. The summed E-state index contributed by atoms with van der Waals surface area (Å²) in [6.45, 7) is 0. The molecule has 0 saturated heterocycles. The molecule has 0 aliphatic heterocycles. The molecule has 0 bridgehead atoms. The lowest BCUT2D eigenvalue weighted by atomic mass is 9.76. The van der Waals surface area contributed by atoms with E-state index in [0.29, 0.717) is 33.4 Å². The van der Waals surface area contributed by atoms with Gasteiger partial charge in [0.2, 0.25) is 0 Å². The number of hydrogen-bond donors (Lipinski definition) is 0. The molecule has 4 nitrogen and oxygen atoms in total. The fraction of sp³-hybridized carbons (Fsp3) is 0. The molecule has 8 aromatic carbocycles. The molecular weight excluding hydrogens is 713 g/mol. The van der Waals surface area contributed by atoms with Crippen LogP contribution in [0, 0.1) is 0 Å². The van der Waals surface area contributed by atoms with Crippen molar-refractivity contribution >= 4 is 36.3 Å². The van der Waals surface area contributed by atoms with Crippen molar-refractivity contribution in [1.29, 1.82) is 0 Å². The first-order valence-electron chi connectivity index (χ1n) is 18.9. The molecule has 0 spiro atoms. The van der Waals surface area contributed by atoms with Crippen LogP contribution in [-0.4, -0.2) is 25.1 Å². The molecule has 8 rings (SSSR count). The highest BCUT2D eigenvalue weighted by Crippen LogP contribution is 2.48. The van der Waals surface area contributed by atoms with Gasteiger partial charge in [0, 0.05) is 22.3 Å². The predicted molar refractivity (Wildman–Crippen MR) is 234 cm³/mol. The smallest absolute Gasteiger partial charge is 0.150 e. The molecule has 58 heavy (non-hydrogen) atoms. The minimum atomic E-state index is 0.453. The van der Waals surface area contributed by atoms with Crippen molar-refractivity contribution in [2.75, 3.05) is 0 Å². The summed E-state index contributed by atoms with van der Waals surface area (Å²) < 4.78 is 0. The number of rotatable bonds is 12. The summed E-state index contributed by atoms with van der Waals surface area (Å²) >= 11 is 0. The van der Waals surface area contributed by atoms with Gasteiger partial charge in [-0.2, -0.15) is 0 Å². The minimum absolute atomic E-state index is 0.453. The zero-order chi connectivity index (χ0) is 39.8. The normalized spacial score (nSPS) is 10.7. The Morgan fingerprint density at radius 3 is 0.655 bits per heavy atom. The molecule has 0 aliphatic carbocycles. The van der Waals surface area contributed by atoms with Gasteiger partial charge >= 0.3 is 0 Å². The van der Waals surface area contributed by atoms with Crippen LogP contribution in [0.4, 0.5) is 0 Å². The molecule has 276 valence electrons. The van der Waals surface area contributed by atoms with Gasteiger partial charge in [0.25, 0.3) is 0 Å². The SMILES string of the molecule is O=Cc1ccc(-c2ccccc2)c(C(=C(c2cc(C=O)ccc2-c2ccccc2)c2cc(C=O)ccc2-c2ccccc2)c2cc(C=O)ccc2-c2ccccc2)c1. The highest BCUT2D eigenvalue weighted by Gasteiger charge is 2.27. The van der Waals surface area contributed by atoms with Crippen LogP contribution < -0.4 is 0 Å². The van der Waals surface area contributed by atoms with E-state index < -0.39 is 0 Å². The van der Waals surface area contributed by atoms with E-state index in [0.717, 1.165) is 91.9 Å². The minimum Gasteiger partial charge on any atom is -0.298 e. The summed E-state index contributed by atoms with van der Waals surface area (Å²) in [6, 6.07) is 62.5. The maximum Gasteiger partial charge on any atom is 0.150 e. The van der Waals surface area contributed by atoms with E-state index in [1.54, 1.807) is 24.3 Å². The van der Waals surface area contributed by atoms with Crippen molar-refractivity contribution < 1.29 is 19.2 Å². The van der Waals surface area contributed by atoms with Crippen LogP contribution in [0.5, 0.6) is 0 Å². The molecule has 0 fully saturated rings. The number of aldehydes is 4. The van der Waals surface area contributed by atoms with Gasteiger partial charge in [0.1, 0.15) is 25.1 Å². The third-order valence-corrected chi connectivity index (χ3v) is 10.4. The average molecular weight is 749 g/mol. The standard InChI is InChI=1S/C54H36O4/c55-33-37-21-25-45(41-13-5-1-6-14-41)49(29-37)53(50-30-38(34-56)22-26-46(50)42-15-7-2-8-16-42)54(51-31-39(35-57)23-27-47(51)43-17-9-3-10-18-43)52-32-40(36-58)24-28-48(52)44-19-11-4-12-20-44/h1-36H. The van der Waals surface area contributed by atoms with E-state index in [1.807, 2.05) is 170 Å². The summed E-state index contributed by atoms with van der Waals surface area (Å²) in [7, 11) is 0. The summed E-state index contributed by atoms with van der Waals surface area (Å²) in [5.74, 6) is 0. The second-order valence-corrected chi connectivity index (χ2v) is 13.9.